The summed E-state index contributed by atoms with van der Waals surface area (Å²) in [5, 5.41) is 26.0. The number of fused-ring (bicyclic) bond motifs is 2. The van der Waals surface area contributed by atoms with E-state index in [2.05, 4.69) is 25.6 Å². The number of rotatable bonds is 7. The van der Waals surface area contributed by atoms with Gasteiger partial charge in [-0.25, -0.2) is 9.37 Å². The molecule has 0 radical (unpaired) electrons. The second-order valence-electron chi connectivity index (χ2n) is 10.6. The summed E-state index contributed by atoms with van der Waals surface area (Å²) < 4.78 is 72.5. The number of ether oxygens (including phenoxy) is 2. The molecule has 0 bridgehead atoms. The predicted molar refractivity (Wildman–Crippen MR) is 147 cm³/mol. The van der Waals surface area contributed by atoms with E-state index >= 15 is 0 Å². The molecule has 228 valence electrons. The van der Waals surface area contributed by atoms with Crippen molar-refractivity contribution in [3.05, 3.63) is 84.0 Å². The summed E-state index contributed by atoms with van der Waals surface area (Å²) >= 11 is 0. The number of aromatic nitrogens is 6. The molecule has 4 heterocycles. The number of hydrogen-bond donors (Lipinski definition) is 2. The maximum absolute atomic E-state index is 14.8. The third kappa shape index (κ3) is 4.69. The molecule has 2 aromatic carbocycles. The molecule has 11 nitrogen and oxygen atoms in total. The summed E-state index contributed by atoms with van der Waals surface area (Å²) in [6.07, 6.45) is -0.890. The van der Waals surface area contributed by atoms with E-state index in [1.807, 2.05) is 0 Å². The summed E-state index contributed by atoms with van der Waals surface area (Å²) in [7, 11) is 3.05. The zero-order valence-corrected chi connectivity index (χ0v) is 23.6. The molecular formula is C29H25F4N7O4. The molecule has 0 saturated heterocycles. The molecule has 1 amide bonds. The molecule has 15 heteroatoms. The number of benzene rings is 2. The van der Waals surface area contributed by atoms with Crippen LogP contribution in [0.4, 0.5) is 17.6 Å². The van der Waals surface area contributed by atoms with Gasteiger partial charge in [-0.05, 0) is 49.4 Å². The lowest BCUT2D eigenvalue weighted by Crippen LogP contribution is -2.51. The largest absolute Gasteiger partial charge is 0.494 e. The standard InChI is InChI=1S/C29H25F4N7O4/c1-27(40-14-35-36-15-40)13-44-25-20(27)10-22(37-24(25)16-4-6-19(30)7-5-16)28(42,29(31,32)33)12-34-26(41)17-8-18-11-39(2)38-23(18)21(9-17)43-3/h4-11,14-15,42H,12-13H2,1-3H3,(H,34,41)/t27-,28-/m0/s1. The number of halogens is 4. The summed E-state index contributed by atoms with van der Waals surface area (Å²) in [6.45, 7) is 0.415. The van der Waals surface area contributed by atoms with E-state index < -0.39 is 41.3 Å². The maximum Gasteiger partial charge on any atom is 0.424 e. The fourth-order valence-corrected chi connectivity index (χ4v) is 5.21. The van der Waals surface area contributed by atoms with Gasteiger partial charge in [0.05, 0.1) is 19.3 Å². The Bertz CT molecular complexity index is 1880. The molecule has 44 heavy (non-hydrogen) atoms. The Morgan fingerprint density at radius 1 is 1.16 bits per heavy atom. The first-order chi connectivity index (χ1) is 20.8. The predicted octanol–water partition coefficient (Wildman–Crippen LogP) is 3.71. The van der Waals surface area contributed by atoms with Crippen molar-refractivity contribution in [2.75, 3.05) is 20.3 Å². The van der Waals surface area contributed by atoms with Crippen LogP contribution < -0.4 is 14.8 Å². The van der Waals surface area contributed by atoms with Crippen molar-refractivity contribution in [2.24, 2.45) is 7.05 Å². The van der Waals surface area contributed by atoms with E-state index in [-0.39, 0.29) is 40.5 Å². The number of aliphatic hydroxyl groups is 1. The summed E-state index contributed by atoms with van der Waals surface area (Å²) in [4.78, 5) is 17.4. The van der Waals surface area contributed by atoms with Gasteiger partial charge in [0.15, 0.2) is 5.75 Å². The smallest absolute Gasteiger partial charge is 0.424 e. The van der Waals surface area contributed by atoms with Crippen LogP contribution in [0.1, 0.15) is 28.5 Å². The van der Waals surface area contributed by atoms with Gasteiger partial charge in [-0.3, -0.25) is 9.48 Å². The van der Waals surface area contributed by atoms with Crippen molar-refractivity contribution in [1.82, 2.24) is 34.8 Å². The van der Waals surface area contributed by atoms with E-state index in [0.717, 1.165) is 18.2 Å². The lowest BCUT2D eigenvalue weighted by atomic mass is 9.88. The number of carbonyl (C=O) groups excluding carboxylic acids is 1. The SMILES string of the molecule is COc1cc(C(=O)NC[C@](O)(c2cc3c(c(-c4ccc(F)cc4)n2)OC[C@]3(C)n2cnnc2)C(F)(F)F)cc2cn(C)nc12. The van der Waals surface area contributed by atoms with Gasteiger partial charge in [0.25, 0.3) is 5.91 Å². The highest BCUT2D eigenvalue weighted by atomic mass is 19.4. The van der Waals surface area contributed by atoms with Crippen LogP contribution in [-0.4, -0.2) is 67.0 Å². The van der Waals surface area contributed by atoms with Crippen molar-refractivity contribution < 1.29 is 36.9 Å². The average Bonchev–Trinajstić information content (AvgIpc) is 3.74. The quantitative estimate of drug-likeness (QED) is 0.267. The van der Waals surface area contributed by atoms with Gasteiger partial charge >= 0.3 is 6.18 Å². The molecule has 2 atom stereocenters. The lowest BCUT2D eigenvalue weighted by Gasteiger charge is -2.32. The van der Waals surface area contributed by atoms with E-state index in [1.54, 1.807) is 24.7 Å². The zero-order valence-electron chi connectivity index (χ0n) is 23.6. The van der Waals surface area contributed by atoms with Gasteiger partial charge in [0.2, 0.25) is 5.60 Å². The fourth-order valence-electron chi connectivity index (χ4n) is 5.21. The highest BCUT2D eigenvalue weighted by Gasteiger charge is 2.57. The van der Waals surface area contributed by atoms with Gasteiger partial charge in [0.1, 0.15) is 47.6 Å². The molecule has 0 fully saturated rings. The highest BCUT2D eigenvalue weighted by molar-refractivity contribution is 5.99. The molecule has 2 N–H and O–H groups in total. The Morgan fingerprint density at radius 3 is 2.52 bits per heavy atom. The van der Waals surface area contributed by atoms with Crippen LogP contribution >= 0.6 is 0 Å². The third-order valence-electron chi connectivity index (χ3n) is 7.72. The molecule has 1 aliphatic rings. The van der Waals surface area contributed by atoms with E-state index in [4.69, 9.17) is 9.47 Å². The Labute approximate surface area is 247 Å². The molecule has 0 spiro atoms. The first-order valence-electron chi connectivity index (χ1n) is 13.2. The number of amides is 1. The maximum atomic E-state index is 14.8. The second-order valence-corrected chi connectivity index (χ2v) is 10.6. The van der Waals surface area contributed by atoms with Gasteiger partial charge in [-0.2, -0.15) is 18.3 Å². The van der Waals surface area contributed by atoms with Gasteiger partial charge in [-0.15, -0.1) is 10.2 Å². The van der Waals surface area contributed by atoms with Crippen LogP contribution in [0.25, 0.3) is 22.2 Å². The van der Waals surface area contributed by atoms with Crippen LogP contribution in [0.15, 0.2) is 61.3 Å². The zero-order chi connectivity index (χ0) is 31.4. The molecular weight excluding hydrogens is 586 g/mol. The Balaban J connectivity index is 1.44. The molecule has 0 saturated carbocycles. The van der Waals surface area contributed by atoms with Crippen molar-refractivity contribution in [2.45, 2.75) is 24.2 Å². The van der Waals surface area contributed by atoms with Crippen LogP contribution in [0.2, 0.25) is 0 Å². The summed E-state index contributed by atoms with van der Waals surface area (Å²) in [5.41, 5.74) is -4.61. The molecule has 3 aromatic heterocycles. The number of carbonyl (C=O) groups is 1. The van der Waals surface area contributed by atoms with Crippen LogP contribution in [-0.2, 0) is 18.2 Å². The number of alkyl halides is 3. The van der Waals surface area contributed by atoms with Crippen LogP contribution in [0, 0.1) is 5.82 Å². The minimum Gasteiger partial charge on any atom is -0.494 e. The van der Waals surface area contributed by atoms with Crippen LogP contribution in [0.3, 0.4) is 0 Å². The van der Waals surface area contributed by atoms with Gasteiger partial charge in [0, 0.05) is 35.3 Å². The minimum atomic E-state index is -5.29. The molecule has 0 unspecified atom stereocenters. The lowest BCUT2D eigenvalue weighted by molar-refractivity contribution is -0.265. The van der Waals surface area contributed by atoms with Gasteiger partial charge in [-0.1, -0.05) is 0 Å². The Kier molecular flexibility index (Phi) is 6.79. The van der Waals surface area contributed by atoms with E-state index in [1.165, 1.54) is 48.7 Å². The van der Waals surface area contributed by atoms with Crippen LogP contribution in [0.5, 0.6) is 11.5 Å². The highest BCUT2D eigenvalue weighted by Crippen LogP contribution is 2.48. The number of aryl methyl sites for hydroxylation is 1. The first-order valence-corrected chi connectivity index (χ1v) is 13.2. The van der Waals surface area contributed by atoms with Crippen molar-refractivity contribution in [3.8, 4) is 22.8 Å². The second kappa shape index (κ2) is 10.3. The minimum absolute atomic E-state index is 0.00521. The number of nitrogens with one attached hydrogen (secondary N) is 1. The topological polar surface area (TPSA) is 129 Å². The Hall–Kier alpha value is -5.05. The summed E-state index contributed by atoms with van der Waals surface area (Å²) in [6, 6.07) is 8.85. The van der Waals surface area contributed by atoms with Crippen molar-refractivity contribution in [3.63, 3.8) is 0 Å². The van der Waals surface area contributed by atoms with Crippen molar-refractivity contribution in [1.29, 1.82) is 0 Å². The molecule has 1 aliphatic heterocycles. The molecule has 0 aliphatic carbocycles. The van der Waals surface area contributed by atoms with Crippen molar-refractivity contribution >= 4 is 16.8 Å². The summed E-state index contributed by atoms with van der Waals surface area (Å²) in [5.74, 6) is -1.06. The number of hydrogen-bond acceptors (Lipinski definition) is 8. The monoisotopic (exact) mass is 611 g/mol. The first kappa shape index (κ1) is 29.0. The third-order valence-corrected chi connectivity index (χ3v) is 7.72. The average molecular weight is 612 g/mol. The number of nitrogens with zero attached hydrogens (tertiary/aromatic N) is 6. The van der Waals surface area contributed by atoms with E-state index in [0.29, 0.717) is 10.9 Å². The van der Waals surface area contributed by atoms with E-state index in [9.17, 15) is 27.5 Å². The van der Waals surface area contributed by atoms with Gasteiger partial charge < -0.3 is 24.5 Å². The normalized spacial score (nSPS) is 17.6. The number of pyridine rings is 1. The fraction of sp³-hybridized carbons (Fsp3) is 0.276. The molecule has 5 aromatic rings. The number of methoxy groups -OCH3 is 1. The Morgan fingerprint density at radius 2 is 1.86 bits per heavy atom. The molecule has 6 rings (SSSR count).